The maximum Gasteiger partial charge on any atom is 0.145 e. The van der Waals surface area contributed by atoms with Crippen molar-refractivity contribution in [2.75, 3.05) is 18.8 Å². The van der Waals surface area contributed by atoms with Crippen LogP contribution in [0, 0.1) is 5.92 Å². The maximum atomic E-state index is 5.91. The average molecular weight is 282 g/mol. The van der Waals surface area contributed by atoms with Crippen LogP contribution >= 0.6 is 0 Å². The van der Waals surface area contributed by atoms with E-state index in [9.17, 15) is 0 Å². The summed E-state index contributed by atoms with van der Waals surface area (Å²) < 4.78 is 0. The first-order valence-electron chi connectivity index (χ1n) is 7.63. The lowest BCUT2D eigenvalue weighted by molar-refractivity contribution is 0.166. The standard InChI is InChI=1S/C17H22N4/c18-17-16(19-8-9-20-17)11-15-7-4-10-21(13-15)12-14-5-2-1-3-6-14/h1-3,5-6,8-9,15H,4,7,10-13H2,(H2,18,20)/t15-/m1/s1. The lowest BCUT2D eigenvalue weighted by Gasteiger charge is -2.32. The number of benzene rings is 1. The van der Waals surface area contributed by atoms with Gasteiger partial charge in [0.2, 0.25) is 0 Å². The number of nitrogen functional groups attached to an aromatic ring is 1. The van der Waals surface area contributed by atoms with E-state index in [0.29, 0.717) is 11.7 Å². The molecule has 3 rings (SSSR count). The fourth-order valence-corrected chi connectivity index (χ4v) is 3.11. The zero-order valence-corrected chi connectivity index (χ0v) is 12.3. The first-order chi connectivity index (χ1) is 10.3. The lowest BCUT2D eigenvalue weighted by Crippen LogP contribution is -2.35. The van der Waals surface area contributed by atoms with E-state index in [1.807, 2.05) is 0 Å². The summed E-state index contributed by atoms with van der Waals surface area (Å²) in [5.74, 6) is 1.21. The fourth-order valence-electron chi connectivity index (χ4n) is 3.11. The van der Waals surface area contributed by atoms with Gasteiger partial charge in [-0.05, 0) is 37.3 Å². The number of piperidine rings is 1. The van der Waals surface area contributed by atoms with Crippen LogP contribution in [0.4, 0.5) is 5.82 Å². The van der Waals surface area contributed by atoms with Crippen molar-refractivity contribution in [2.45, 2.75) is 25.8 Å². The van der Waals surface area contributed by atoms with Gasteiger partial charge in [0.25, 0.3) is 0 Å². The van der Waals surface area contributed by atoms with Crippen LogP contribution in [0.1, 0.15) is 24.1 Å². The summed E-state index contributed by atoms with van der Waals surface area (Å²) in [4.78, 5) is 11.0. The molecule has 2 aromatic rings. The number of hydrogen-bond acceptors (Lipinski definition) is 4. The molecule has 1 saturated heterocycles. The zero-order valence-electron chi connectivity index (χ0n) is 12.3. The van der Waals surface area contributed by atoms with E-state index in [2.05, 4.69) is 45.2 Å². The number of nitrogens with two attached hydrogens (primary N) is 1. The largest absolute Gasteiger partial charge is 0.382 e. The van der Waals surface area contributed by atoms with Crippen molar-refractivity contribution in [3.63, 3.8) is 0 Å². The smallest absolute Gasteiger partial charge is 0.145 e. The highest BCUT2D eigenvalue weighted by atomic mass is 15.1. The van der Waals surface area contributed by atoms with Gasteiger partial charge in [0, 0.05) is 25.5 Å². The normalized spacial score (nSPS) is 19.5. The summed E-state index contributed by atoms with van der Waals surface area (Å²) >= 11 is 0. The van der Waals surface area contributed by atoms with Crippen molar-refractivity contribution >= 4 is 5.82 Å². The minimum Gasteiger partial charge on any atom is -0.382 e. The SMILES string of the molecule is Nc1nccnc1C[C@H]1CCCN(Cc2ccccc2)C1. The lowest BCUT2D eigenvalue weighted by atomic mass is 9.93. The molecule has 0 amide bonds. The molecule has 1 aromatic carbocycles. The number of anilines is 1. The van der Waals surface area contributed by atoms with E-state index in [1.165, 1.54) is 24.9 Å². The molecule has 0 spiro atoms. The maximum absolute atomic E-state index is 5.91. The molecule has 0 bridgehead atoms. The predicted molar refractivity (Wildman–Crippen MR) is 84.6 cm³/mol. The highest BCUT2D eigenvalue weighted by molar-refractivity contribution is 5.33. The fraction of sp³-hybridized carbons (Fsp3) is 0.412. The Bertz CT molecular complexity index is 570. The van der Waals surface area contributed by atoms with Crippen molar-refractivity contribution in [3.8, 4) is 0 Å². The van der Waals surface area contributed by atoms with Gasteiger partial charge in [-0.25, -0.2) is 4.98 Å². The van der Waals surface area contributed by atoms with Gasteiger partial charge in [-0.3, -0.25) is 9.88 Å². The van der Waals surface area contributed by atoms with Crippen molar-refractivity contribution in [1.29, 1.82) is 0 Å². The Kier molecular flexibility index (Phi) is 4.46. The van der Waals surface area contributed by atoms with Crippen LogP contribution in [0.5, 0.6) is 0 Å². The van der Waals surface area contributed by atoms with E-state index in [0.717, 1.165) is 25.2 Å². The third-order valence-electron chi connectivity index (χ3n) is 4.14. The number of rotatable bonds is 4. The van der Waals surface area contributed by atoms with Crippen LogP contribution < -0.4 is 5.73 Å². The molecule has 0 aliphatic carbocycles. The average Bonchev–Trinajstić information content (AvgIpc) is 2.51. The summed E-state index contributed by atoms with van der Waals surface area (Å²) in [7, 11) is 0. The molecule has 1 aliphatic rings. The molecule has 0 radical (unpaired) electrons. The topological polar surface area (TPSA) is 55.0 Å². The molecule has 1 atom stereocenters. The Balaban J connectivity index is 1.60. The highest BCUT2D eigenvalue weighted by Gasteiger charge is 2.21. The Morgan fingerprint density at radius 2 is 1.95 bits per heavy atom. The van der Waals surface area contributed by atoms with Crippen molar-refractivity contribution in [2.24, 2.45) is 5.92 Å². The third kappa shape index (κ3) is 3.79. The van der Waals surface area contributed by atoms with Gasteiger partial charge < -0.3 is 5.73 Å². The Labute approximate surface area is 126 Å². The van der Waals surface area contributed by atoms with E-state index in [-0.39, 0.29) is 0 Å². The van der Waals surface area contributed by atoms with Crippen molar-refractivity contribution in [3.05, 3.63) is 54.0 Å². The second kappa shape index (κ2) is 6.68. The van der Waals surface area contributed by atoms with Crippen molar-refractivity contribution in [1.82, 2.24) is 14.9 Å². The number of likely N-dealkylation sites (tertiary alicyclic amines) is 1. The van der Waals surface area contributed by atoms with Crippen LogP contribution in [-0.4, -0.2) is 28.0 Å². The molecule has 4 heteroatoms. The molecular weight excluding hydrogens is 260 g/mol. The van der Waals surface area contributed by atoms with E-state index in [4.69, 9.17) is 5.73 Å². The summed E-state index contributed by atoms with van der Waals surface area (Å²) in [6, 6.07) is 10.7. The number of hydrogen-bond donors (Lipinski definition) is 1. The second-order valence-corrected chi connectivity index (χ2v) is 5.82. The van der Waals surface area contributed by atoms with Gasteiger partial charge in [-0.1, -0.05) is 30.3 Å². The number of nitrogens with zero attached hydrogens (tertiary/aromatic N) is 3. The second-order valence-electron chi connectivity index (χ2n) is 5.82. The van der Waals surface area contributed by atoms with Gasteiger partial charge in [0.05, 0.1) is 5.69 Å². The first-order valence-corrected chi connectivity index (χ1v) is 7.63. The van der Waals surface area contributed by atoms with Crippen LogP contribution in [0.2, 0.25) is 0 Å². The van der Waals surface area contributed by atoms with E-state index < -0.39 is 0 Å². The Hall–Kier alpha value is -1.94. The van der Waals surface area contributed by atoms with Crippen LogP contribution in [-0.2, 0) is 13.0 Å². The molecule has 21 heavy (non-hydrogen) atoms. The minimum absolute atomic E-state index is 0.581. The minimum atomic E-state index is 0.581. The molecule has 110 valence electrons. The summed E-state index contributed by atoms with van der Waals surface area (Å²) in [5.41, 5.74) is 8.24. The molecule has 1 aliphatic heterocycles. The van der Waals surface area contributed by atoms with Gasteiger partial charge >= 0.3 is 0 Å². The van der Waals surface area contributed by atoms with Crippen molar-refractivity contribution < 1.29 is 0 Å². The molecule has 2 N–H and O–H groups in total. The predicted octanol–water partition coefficient (Wildman–Crippen LogP) is 2.51. The van der Waals surface area contributed by atoms with Crippen LogP contribution in [0.3, 0.4) is 0 Å². The molecule has 2 heterocycles. The monoisotopic (exact) mass is 282 g/mol. The molecule has 1 aromatic heterocycles. The molecule has 0 saturated carbocycles. The van der Waals surface area contributed by atoms with E-state index in [1.54, 1.807) is 12.4 Å². The van der Waals surface area contributed by atoms with E-state index >= 15 is 0 Å². The Morgan fingerprint density at radius 1 is 1.14 bits per heavy atom. The Morgan fingerprint density at radius 3 is 2.76 bits per heavy atom. The molecule has 1 fully saturated rings. The summed E-state index contributed by atoms with van der Waals surface area (Å²) in [6.45, 7) is 3.33. The van der Waals surface area contributed by atoms with Crippen LogP contribution in [0.15, 0.2) is 42.7 Å². The number of aromatic nitrogens is 2. The highest BCUT2D eigenvalue weighted by Crippen LogP contribution is 2.22. The third-order valence-corrected chi connectivity index (χ3v) is 4.14. The quantitative estimate of drug-likeness (QED) is 0.936. The summed E-state index contributed by atoms with van der Waals surface area (Å²) in [5, 5.41) is 0. The molecule has 4 nitrogen and oxygen atoms in total. The summed E-state index contributed by atoms with van der Waals surface area (Å²) in [6.07, 6.45) is 6.82. The van der Waals surface area contributed by atoms with Gasteiger partial charge in [-0.2, -0.15) is 0 Å². The van der Waals surface area contributed by atoms with Crippen LogP contribution in [0.25, 0.3) is 0 Å². The van der Waals surface area contributed by atoms with Gasteiger partial charge in [0.15, 0.2) is 0 Å². The zero-order chi connectivity index (χ0) is 14.5. The van der Waals surface area contributed by atoms with Gasteiger partial charge in [-0.15, -0.1) is 0 Å². The molecule has 0 unspecified atom stereocenters. The van der Waals surface area contributed by atoms with Gasteiger partial charge in [0.1, 0.15) is 5.82 Å². The first kappa shape index (κ1) is 14.0. The molecular formula is C17H22N4.